The van der Waals surface area contributed by atoms with Gasteiger partial charge < -0.3 is 24.0 Å². The van der Waals surface area contributed by atoms with Crippen molar-refractivity contribution in [1.29, 1.82) is 0 Å². The third-order valence-electron chi connectivity index (χ3n) is 9.55. The minimum absolute atomic E-state index is 0.0992. The minimum atomic E-state index is -0.854. The lowest BCUT2D eigenvalue weighted by Crippen LogP contribution is -2.49. The second-order valence-electron chi connectivity index (χ2n) is 12.7. The van der Waals surface area contributed by atoms with Crippen molar-refractivity contribution in [3.8, 4) is 0 Å². The Morgan fingerprint density at radius 3 is 2.38 bits per heavy atom. The molecule has 2 aromatic heterocycles. The predicted octanol–water partition coefficient (Wildman–Crippen LogP) is 5.91. The molecule has 10 nitrogen and oxygen atoms in total. The van der Waals surface area contributed by atoms with E-state index in [2.05, 4.69) is 34.4 Å². The van der Waals surface area contributed by atoms with E-state index in [1.165, 1.54) is 29.0 Å². The summed E-state index contributed by atoms with van der Waals surface area (Å²) in [5.41, 5.74) is 2.23. The van der Waals surface area contributed by atoms with Crippen LogP contribution in [0, 0.1) is 11.7 Å². The Morgan fingerprint density at radius 2 is 1.71 bits per heavy atom. The SMILES string of the molecule is CC(OC(=O)N(C)C(C)(C)C(C)C)n1c(N(C)C2CCN(c3nc4ccccc4n3Cc3ccc(F)cc3)CC2)nccc1=O. The van der Waals surface area contributed by atoms with Gasteiger partial charge in [-0.25, -0.2) is 23.7 Å². The summed E-state index contributed by atoms with van der Waals surface area (Å²) in [6.45, 7) is 11.9. The van der Waals surface area contributed by atoms with Crippen molar-refractivity contribution < 1.29 is 13.9 Å². The molecule has 4 aromatic rings. The van der Waals surface area contributed by atoms with Crippen LogP contribution in [0.2, 0.25) is 0 Å². The lowest BCUT2D eigenvalue weighted by Gasteiger charge is -2.40. The first-order valence-electron chi connectivity index (χ1n) is 15.6. The lowest BCUT2D eigenvalue weighted by atomic mass is 9.89. The standard InChI is InChI=1S/C34H44FN7O3/c1-23(2)34(4,5)39(7)33(44)45-24(3)42-30(43)16-19-36-31(42)38(6)27-17-20-40(21-18-27)32-37-28-10-8-9-11-29(28)41(32)22-25-12-14-26(35)15-13-25/h8-16,19,23-24,27H,17-18,20-22H2,1-7H3. The summed E-state index contributed by atoms with van der Waals surface area (Å²) < 4.78 is 23.0. The number of benzene rings is 2. The summed E-state index contributed by atoms with van der Waals surface area (Å²) in [5.74, 6) is 1.29. The van der Waals surface area contributed by atoms with E-state index < -0.39 is 17.9 Å². The molecule has 3 heterocycles. The van der Waals surface area contributed by atoms with Crippen LogP contribution in [-0.4, -0.2) is 68.9 Å². The molecule has 1 amide bonds. The minimum Gasteiger partial charge on any atom is -0.425 e. The van der Waals surface area contributed by atoms with Crippen molar-refractivity contribution >= 4 is 29.0 Å². The number of para-hydroxylation sites is 2. The molecule has 0 aliphatic carbocycles. The molecule has 1 aliphatic rings. The first-order valence-corrected chi connectivity index (χ1v) is 15.6. The summed E-state index contributed by atoms with van der Waals surface area (Å²) in [4.78, 5) is 41.6. The van der Waals surface area contributed by atoms with E-state index in [1.807, 2.05) is 56.1 Å². The molecule has 0 spiro atoms. The summed E-state index contributed by atoms with van der Waals surface area (Å²) in [6.07, 6.45) is 1.76. The van der Waals surface area contributed by atoms with Gasteiger partial charge in [-0.2, -0.15) is 0 Å². The summed E-state index contributed by atoms with van der Waals surface area (Å²) in [5, 5.41) is 0. The number of carbonyl (C=O) groups is 1. The van der Waals surface area contributed by atoms with Crippen LogP contribution < -0.4 is 15.4 Å². The third-order valence-corrected chi connectivity index (χ3v) is 9.55. The quantitative estimate of drug-likeness (QED) is 0.231. The highest BCUT2D eigenvalue weighted by Crippen LogP contribution is 2.29. The van der Waals surface area contributed by atoms with Gasteiger partial charge >= 0.3 is 6.09 Å². The topological polar surface area (TPSA) is 88.7 Å². The second-order valence-corrected chi connectivity index (χ2v) is 12.7. The van der Waals surface area contributed by atoms with E-state index in [9.17, 15) is 14.0 Å². The van der Waals surface area contributed by atoms with Gasteiger partial charge in [0.15, 0.2) is 6.23 Å². The average Bonchev–Trinajstić information content (AvgIpc) is 3.39. The largest absolute Gasteiger partial charge is 0.425 e. The summed E-state index contributed by atoms with van der Waals surface area (Å²) >= 11 is 0. The molecule has 0 radical (unpaired) electrons. The number of anilines is 2. The van der Waals surface area contributed by atoms with Crippen LogP contribution in [0.15, 0.2) is 65.6 Å². The first-order chi connectivity index (χ1) is 21.4. The van der Waals surface area contributed by atoms with Gasteiger partial charge in [-0.05, 0) is 69.4 Å². The van der Waals surface area contributed by atoms with Gasteiger partial charge in [0.2, 0.25) is 11.9 Å². The zero-order valence-electron chi connectivity index (χ0n) is 27.3. The molecular formula is C34H44FN7O3. The Kier molecular flexibility index (Phi) is 9.18. The number of rotatable bonds is 9. The van der Waals surface area contributed by atoms with E-state index in [1.54, 1.807) is 18.9 Å². The third kappa shape index (κ3) is 6.53. The molecule has 11 heteroatoms. The highest BCUT2D eigenvalue weighted by atomic mass is 19.1. The van der Waals surface area contributed by atoms with Gasteiger partial charge in [-0.1, -0.05) is 38.1 Å². The van der Waals surface area contributed by atoms with Crippen molar-refractivity contribution in [1.82, 2.24) is 24.0 Å². The number of piperidine rings is 1. The number of hydrogen-bond donors (Lipinski definition) is 0. The predicted molar refractivity (Wildman–Crippen MR) is 175 cm³/mol. The molecule has 1 fully saturated rings. The summed E-state index contributed by atoms with van der Waals surface area (Å²) in [6, 6.07) is 16.1. The Morgan fingerprint density at radius 1 is 1.04 bits per heavy atom. The number of fused-ring (bicyclic) bond motifs is 1. The molecule has 0 saturated carbocycles. The highest BCUT2D eigenvalue weighted by Gasteiger charge is 2.34. The zero-order chi connectivity index (χ0) is 32.5. The fourth-order valence-corrected chi connectivity index (χ4v) is 5.76. The molecule has 1 aliphatic heterocycles. The Bertz CT molecular complexity index is 1690. The molecule has 1 atom stereocenters. The first kappa shape index (κ1) is 32.0. The number of ether oxygens (including phenoxy) is 1. The number of imidazole rings is 1. The Balaban J connectivity index is 1.32. The van der Waals surface area contributed by atoms with Crippen molar-refractivity contribution in [3.05, 3.63) is 82.5 Å². The fraction of sp³-hybridized carbons (Fsp3) is 0.471. The van der Waals surface area contributed by atoms with Crippen molar-refractivity contribution in [2.45, 2.75) is 71.8 Å². The van der Waals surface area contributed by atoms with E-state index in [0.29, 0.717) is 12.5 Å². The summed E-state index contributed by atoms with van der Waals surface area (Å²) in [7, 11) is 3.65. The van der Waals surface area contributed by atoms with E-state index in [-0.39, 0.29) is 23.3 Å². The Labute approximate surface area is 264 Å². The van der Waals surface area contributed by atoms with Gasteiger partial charge in [0.25, 0.3) is 5.56 Å². The van der Waals surface area contributed by atoms with E-state index >= 15 is 0 Å². The highest BCUT2D eigenvalue weighted by molar-refractivity contribution is 5.79. The van der Waals surface area contributed by atoms with E-state index in [4.69, 9.17) is 9.72 Å². The molecular weight excluding hydrogens is 573 g/mol. The normalized spacial score (nSPS) is 15.0. The van der Waals surface area contributed by atoms with Crippen LogP contribution in [0.4, 0.5) is 21.1 Å². The van der Waals surface area contributed by atoms with Gasteiger partial charge in [0.05, 0.1) is 17.6 Å². The molecule has 1 saturated heterocycles. The van der Waals surface area contributed by atoms with Gasteiger partial charge in [-0.15, -0.1) is 0 Å². The van der Waals surface area contributed by atoms with Crippen molar-refractivity contribution in [2.75, 3.05) is 37.0 Å². The van der Waals surface area contributed by atoms with Crippen molar-refractivity contribution in [2.24, 2.45) is 5.92 Å². The number of carbonyl (C=O) groups excluding carboxylic acids is 1. The fourth-order valence-electron chi connectivity index (χ4n) is 5.76. The van der Waals surface area contributed by atoms with Crippen LogP contribution in [-0.2, 0) is 11.3 Å². The van der Waals surface area contributed by atoms with Crippen molar-refractivity contribution in [3.63, 3.8) is 0 Å². The molecule has 0 bridgehead atoms. The maximum Gasteiger partial charge on any atom is 0.411 e. The second kappa shape index (κ2) is 12.9. The molecule has 5 rings (SSSR count). The number of nitrogens with zero attached hydrogens (tertiary/aromatic N) is 7. The van der Waals surface area contributed by atoms with Crippen LogP contribution in [0.5, 0.6) is 0 Å². The maximum absolute atomic E-state index is 13.6. The smallest absolute Gasteiger partial charge is 0.411 e. The molecule has 0 N–H and O–H groups in total. The number of halogens is 1. The number of amides is 1. The van der Waals surface area contributed by atoms with Gasteiger partial charge in [0, 0.05) is 51.0 Å². The number of aromatic nitrogens is 4. The molecule has 1 unspecified atom stereocenters. The number of hydrogen-bond acceptors (Lipinski definition) is 7. The monoisotopic (exact) mass is 617 g/mol. The van der Waals surface area contributed by atoms with Crippen LogP contribution in [0.1, 0.15) is 59.3 Å². The van der Waals surface area contributed by atoms with Crippen LogP contribution in [0.25, 0.3) is 11.0 Å². The molecule has 45 heavy (non-hydrogen) atoms. The van der Waals surface area contributed by atoms with Crippen LogP contribution in [0.3, 0.4) is 0 Å². The molecule has 240 valence electrons. The zero-order valence-corrected chi connectivity index (χ0v) is 27.3. The lowest BCUT2D eigenvalue weighted by molar-refractivity contribution is 0.0122. The molecule has 2 aromatic carbocycles. The van der Waals surface area contributed by atoms with Gasteiger partial charge in [0.1, 0.15) is 5.82 Å². The van der Waals surface area contributed by atoms with Crippen LogP contribution >= 0.6 is 0 Å². The average molecular weight is 618 g/mol. The maximum atomic E-state index is 13.6. The van der Waals surface area contributed by atoms with E-state index in [0.717, 1.165) is 48.5 Å². The van der Waals surface area contributed by atoms with Gasteiger partial charge in [-0.3, -0.25) is 4.79 Å². The Hall–Kier alpha value is -4.41.